The summed E-state index contributed by atoms with van der Waals surface area (Å²) >= 11 is 4.00. The SMILES string of the molecule is CC(=O)N(S)c1ccccc1. The monoisotopic (exact) mass is 167 g/mol. The molecule has 11 heavy (non-hydrogen) atoms. The normalized spacial score (nSPS) is 9.27. The van der Waals surface area contributed by atoms with Crippen molar-refractivity contribution in [3.8, 4) is 0 Å². The minimum atomic E-state index is -0.0838. The van der Waals surface area contributed by atoms with Crippen molar-refractivity contribution in [1.29, 1.82) is 0 Å². The van der Waals surface area contributed by atoms with Gasteiger partial charge >= 0.3 is 0 Å². The number of benzene rings is 1. The zero-order valence-corrected chi connectivity index (χ0v) is 7.08. The predicted molar refractivity (Wildman–Crippen MR) is 48.6 cm³/mol. The first-order chi connectivity index (χ1) is 5.22. The largest absolute Gasteiger partial charge is 0.274 e. The molecular weight excluding hydrogens is 158 g/mol. The molecule has 0 spiro atoms. The van der Waals surface area contributed by atoms with Crippen molar-refractivity contribution in [1.82, 2.24) is 0 Å². The van der Waals surface area contributed by atoms with Gasteiger partial charge in [0.2, 0.25) is 5.91 Å². The molecule has 0 saturated carbocycles. The van der Waals surface area contributed by atoms with Crippen LogP contribution in [0.3, 0.4) is 0 Å². The molecule has 1 aromatic rings. The maximum Gasteiger partial charge on any atom is 0.233 e. The van der Waals surface area contributed by atoms with Gasteiger partial charge in [-0.3, -0.25) is 9.10 Å². The second kappa shape index (κ2) is 3.44. The van der Waals surface area contributed by atoms with Crippen molar-refractivity contribution in [2.75, 3.05) is 4.31 Å². The summed E-state index contributed by atoms with van der Waals surface area (Å²) in [6, 6.07) is 9.27. The van der Waals surface area contributed by atoms with Gasteiger partial charge in [-0.1, -0.05) is 31.0 Å². The Kier molecular flexibility index (Phi) is 2.54. The van der Waals surface area contributed by atoms with Gasteiger partial charge in [0, 0.05) is 6.92 Å². The van der Waals surface area contributed by atoms with Gasteiger partial charge in [-0.05, 0) is 12.1 Å². The molecule has 0 N–H and O–H groups in total. The van der Waals surface area contributed by atoms with Crippen LogP contribution in [0.15, 0.2) is 30.3 Å². The lowest BCUT2D eigenvalue weighted by atomic mass is 10.3. The van der Waals surface area contributed by atoms with Crippen LogP contribution >= 0.6 is 12.8 Å². The number of hydrogen-bond donors (Lipinski definition) is 1. The Balaban J connectivity index is 2.85. The number of carbonyl (C=O) groups excluding carboxylic acids is 1. The average molecular weight is 167 g/mol. The van der Waals surface area contributed by atoms with Crippen LogP contribution in [0.2, 0.25) is 0 Å². The first-order valence-electron chi connectivity index (χ1n) is 3.26. The quantitative estimate of drug-likeness (QED) is 0.633. The lowest BCUT2D eigenvalue weighted by Gasteiger charge is -2.11. The molecule has 3 heteroatoms. The maximum atomic E-state index is 10.8. The van der Waals surface area contributed by atoms with Gasteiger partial charge in [0.25, 0.3) is 0 Å². The van der Waals surface area contributed by atoms with E-state index in [0.717, 1.165) is 5.69 Å². The Bertz CT molecular complexity index is 248. The van der Waals surface area contributed by atoms with Gasteiger partial charge in [0.1, 0.15) is 0 Å². The van der Waals surface area contributed by atoms with Crippen LogP contribution in [-0.4, -0.2) is 5.91 Å². The molecular formula is C8H9NOS. The van der Waals surface area contributed by atoms with Crippen molar-refractivity contribution in [3.05, 3.63) is 30.3 Å². The molecule has 0 bridgehead atoms. The first kappa shape index (κ1) is 8.14. The summed E-state index contributed by atoms with van der Waals surface area (Å²) in [5.41, 5.74) is 0.795. The Hall–Kier alpha value is -0.960. The number of thiol groups is 1. The van der Waals surface area contributed by atoms with E-state index in [1.54, 1.807) is 0 Å². The molecule has 1 aromatic carbocycles. The van der Waals surface area contributed by atoms with E-state index in [4.69, 9.17) is 0 Å². The molecule has 0 aliphatic rings. The molecule has 0 saturated heterocycles. The number of para-hydroxylation sites is 1. The summed E-state index contributed by atoms with van der Waals surface area (Å²) in [5.74, 6) is -0.0838. The lowest BCUT2D eigenvalue weighted by molar-refractivity contribution is -0.115. The Labute approximate surface area is 71.4 Å². The second-order valence-corrected chi connectivity index (χ2v) is 2.57. The third kappa shape index (κ3) is 1.98. The Morgan fingerprint density at radius 2 is 1.91 bits per heavy atom. The number of anilines is 1. The van der Waals surface area contributed by atoms with Crippen molar-refractivity contribution in [2.45, 2.75) is 6.92 Å². The highest BCUT2D eigenvalue weighted by molar-refractivity contribution is 7.82. The smallest absolute Gasteiger partial charge is 0.233 e. The summed E-state index contributed by atoms with van der Waals surface area (Å²) in [6.07, 6.45) is 0. The van der Waals surface area contributed by atoms with E-state index in [2.05, 4.69) is 12.8 Å². The Morgan fingerprint density at radius 1 is 1.36 bits per heavy atom. The fraction of sp³-hybridized carbons (Fsp3) is 0.125. The second-order valence-electron chi connectivity index (χ2n) is 2.17. The predicted octanol–water partition coefficient (Wildman–Crippen LogP) is 1.88. The molecule has 1 rings (SSSR count). The van der Waals surface area contributed by atoms with E-state index in [1.165, 1.54) is 11.2 Å². The maximum absolute atomic E-state index is 10.8. The van der Waals surface area contributed by atoms with Gasteiger partial charge in [-0.15, -0.1) is 0 Å². The summed E-state index contributed by atoms with van der Waals surface area (Å²) < 4.78 is 1.31. The highest BCUT2D eigenvalue weighted by Gasteiger charge is 2.03. The van der Waals surface area contributed by atoms with Gasteiger partial charge < -0.3 is 0 Å². The molecule has 0 aliphatic heterocycles. The molecule has 0 radical (unpaired) electrons. The van der Waals surface area contributed by atoms with Crippen LogP contribution in [0.5, 0.6) is 0 Å². The fourth-order valence-electron chi connectivity index (χ4n) is 0.751. The highest BCUT2D eigenvalue weighted by Crippen LogP contribution is 2.14. The van der Waals surface area contributed by atoms with Gasteiger partial charge in [-0.25, -0.2) is 0 Å². The zero-order chi connectivity index (χ0) is 8.27. The summed E-state index contributed by atoms with van der Waals surface area (Å²) in [4.78, 5) is 10.8. The van der Waals surface area contributed by atoms with Crippen LogP contribution < -0.4 is 4.31 Å². The molecule has 0 unspecified atom stereocenters. The summed E-state index contributed by atoms with van der Waals surface area (Å²) in [7, 11) is 0. The standard InChI is InChI=1S/C8H9NOS/c1-7(10)9(11)8-5-3-2-4-6-8/h2-6,11H,1H3. The van der Waals surface area contributed by atoms with Crippen LogP contribution in [0, 0.1) is 0 Å². The molecule has 0 aliphatic carbocycles. The molecule has 0 fully saturated rings. The average Bonchev–Trinajstić information content (AvgIpc) is 2.05. The van der Waals surface area contributed by atoms with Crippen LogP contribution in [-0.2, 0) is 4.79 Å². The van der Waals surface area contributed by atoms with Crippen molar-refractivity contribution < 1.29 is 4.79 Å². The third-order valence-electron chi connectivity index (χ3n) is 1.30. The minimum absolute atomic E-state index is 0.0838. The first-order valence-corrected chi connectivity index (χ1v) is 3.66. The molecule has 0 aromatic heterocycles. The molecule has 1 amide bonds. The number of rotatable bonds is 1. The van der Waals surface area contributed by atoms with Crippen LogP contribution in [0.25, 0.3) is 0 Å². The van der Waals surface area contributed by atoms with Crippen molar-refractivity contribution in [3.63, 3.8) is 0 Å². The van der Waals surface area contributed by atoms with Crippen molar-refractivity contribution >= 4 is 24.4 Å². The minimum Gasteiger partial charge on any atom is -0.274 e. The molecule has 58 valence electrons. The van der Waals surface area contributed by atoms with E-state index >= 15 is 0 Å². The molecule has 0 heterocycles. The van der Waals surface area contributed by atoms with Gasteiger partial charge in [0.05, 0.1) is 5.69 Å². The van der Waals surface area contributed by atoms with Gasteiger partial charge in [0.15, 0.2) is 0 Å². The summed E-state index contributed by atoms with van der Waals surface area (Å²) in [5, 5.41) is 0. The van der Waals surface area contributed by atoms with Crippen LogP contribution in [0.1, 0.15) is 6.92 Å². The van der Waals surface area contributed by atoms with E-state index in [0.29, 0.717) is 0 Å². The van der Waals surface area contributed by atoms with E-state index in [1.807, 2.05) is 30.3 Å². The molecule has 0 atom stereocenters. The van der Waals surface area contributed by atoms with Crippen LogP contribution in [0.4, 0.5) is 5.69 Å². The van der Waals surface area contributed by atoms with E-state index < -0.39 is 0 Å². The summed E-state index contributed by atoms with van der Waals surface area (Å²) in [6.45, 7) is 1.47. The topological polar surface area (TPSA) is 20.3 Å². The van der Waals surface area contributed by atoms with E-state index in [-0.39, 0.29) is 5.91 Å². The van der Waals surface area contributed by atoms with Gasteiger partial charge in [-0.2, -0.15) is 0 Å². The van der Waals surface area contributed by atoms with Crippen molar-refractivity contribution in [2.24, 2.45) is 0 Å². The fourth-order valence-corrected chi connectivity index (χ4v) is 0.884. The number of amides is 1. The number of nitrogens with zero attached hydrogens (tertiary/aromatic N) is 1. The third-order valence-corrected chi connectivity index (χ3v) is 1.81. The number of hydrogen-bond acceptors (Lipinski definition) is 2. The van der Waals surface area contributed by atoms with E-state index in [9.17, 15) is 4.79 Å². The highest BCUT2D eigenvalue weighted by atomic mass is 32.1. The Morgan fingerprint density at radius 3 is 2.36 bits per heavy atom. The number of carbonyl (C=O) groups is 1. The zero-order valence-electron chi connectivity index (χ0n) is 6.19. The molecule has 2 nitrogen and oxygen atoms in total. The lowest BCUT2D eigenvalue weighted by Crippen LogP contribution is -2.16.